The highest BCUT2D eigenvalue weighted by atomic mass is 16.5. The van der Waals surface area contributed by atoms with Crippen LogP contribution in [0, 0.1) is 0 Å². The third-order valence-corrected chi connectivity index (χ3v) is 3.06. The van der Waals surface area contributed by atoms with Crippen molar-refractivity contribution in [1.82, 2.24) is 5.32 Å². The summed E-state index contributed by atoms with van der Waals surface area (Å²) in [6, 6.07) is 6.97. The monoisotopic (exact) mass is 264 g/mol. The van der Waals surface area contributed by atoms with Crippen molar-refractivity contribution in [3.8, 4) is 5.75 Å². The minimum absolute atomic E-state index is 0.0233. The summed E-state index contributed by atoms with van der Waals surface area (Å²) in [6.07, 6.45) is 3.39. The zero-order valence-electron chi connectivity index (χ0n) is 10.9. The minimum atomic E-state index is -0.116. The van der Waals surface area contributed by atoms with Gasteiger partial charge in [0.2, 0.25) is 0 Å². The fourth-order valence-corrected chi connectivity index (χ4v) is 2.01. The second-order valence-corrected chi connectivity index (χ2v) is 4.63. The average molecular weight is 264 g/mol. The van der Waals surface area contributed by atoms with Gasteiger partial charge in [0, 0.05) is 18.8 Å². The number of anilines is 1. The van der Waals surface area contributed by atoms with E-state index in [0.29, 0.717) is 24.1 Å². The zero-order valence-corrected chi connectivity index (χ0v) is 10.9. The van der Waals surface area contributed by atoms with Gasteiger partial charge in [0.1, 0.15) is 5.75 Å². The van der Waals surface area contributed by atoms with Crippen molar-refractivity contribution in [3.05, 3.63) is 24.3 Å². The number of ether oxygens (including phenoxy) is 2. The molecule has 1 heterocycles. The van der Waals surface area contributed by atoms with Crippen LogP contribution in [0.15, 0.2) is 24.3 Å². The van der Waals surface area contributed by atoms with Gasteiger partial charge in [-0.15, -0.1) is 0 Å². The Morgan fingerprint density at radius 2 is 2.21 bits per heavy atom. The molecule has 1 amide bonds. The van der Waals surface area contributed by atoms with Crippen LogP contribution in [0.4, 0.5) is 5.69 Å². The van der Waals surface area contributed by atoms with Gasteiger partial charge >= 0.3 is 0 Å². The van der Waals surface area contributed by atoms with Gasteiger partial charge in [-0.25, -0.2) is 0 Å². The average Bonchev–Trinajstić information content (AvgIpc) is 2.91. The molecule has 1 aliphatic heterocycles. The van der Waals surface area contributed by atoms with E-state index in [0.717, 1.165) is 25.9 Å². The quantitative estimate of drug-likeness (QED) is 0.760. The molecule has 0 saturated carbocycles. The van der Waals surface area contributed by atoms with Gasteiger partial charge in [-0.2, -0.15) is 0 Å². The number of carbonyl (C=O) groups is 1. The molecule has 19 heavy (non-hydrogen) atoms. The van der Waals surface area contributed by atoms with E-state index in [2.05, 4.69) is 5.32 Å². The van der Waals surface area contributed by atoms with Crippen molar-refractivity contribution in [2.45, 2.75) is 25.4 Å². The van der Waals surface area contributed by atoms with Crippen LogP contribution in [0.3, 0.4) is 0 Å². The molecule has 1 unspecified atom stereocenters. The fourth-order valence-electron chi connectivity index (χ4n) is 2.01. The van der Waals surface area contributed by atoms with E-state index in [1.54, 1.807) is 24.3 Å². The molecule has 0 aromatic heterocycles. The van der Waals surface area contributed by atoms with Gasteiger partial charge in [0.25, 0.3) is 5.91 Å². The van der Waals surface area contributed by atoms with Crippen molar-refractivity contribution in [3.63, 3.8) is 0 Å². The number of hydrogen-bond donors (Lipinski definition) is 2. The van der Waals surface area contributed by atoms with Crippen molar-refractivity contribution >= 4 is 11.6 Å². The molecule has 0 spiro atoms. The molecule has 0 radical (unpaired) electrons. The third kappa shape index (κ3) is 4.79. The van der Waals surface area contributed by atoms with E-state index < -0.39 is 0 Å². The van der Waals surface area contributed by atoms with Crippen molar-refractivity contribution < 1.29 is 14.3 Å². The Morgan fingerprint density at radius 1 is 1.42 bits per heavy atom. The molecular weight excluding hydrogens is 244 g/mol. The number of amides is 1. The molecule has 1 fully saturated rings. The first-order chi connectivity index (χ1) is 9.24. The number of hydrogen-bond acceptors (Lipinski definition) is 4. The second kappa shape index (κ2) is 6.99. The van der Waals surface area contributed by atoms with Crippen LogP contribution in [-0.4, -0.2) is 31.8 Å². The molecule has 0 aliphatic carbocycles. The van der Waals surface area contributed by atoms with E-state index in [1.165, 1.54) is 0 Å². The molecule has 3 N–H and O–H groups in total. The Balaban J connectivity index is 1.60. The number of rotatable bonds is 6. The van der Waals surface area contributed by atoms with Crippen molar-refractivity contribution in [2.24, 2.45) is 0 Å². The smallest absolute Gasteiger partial charge is 0.257 e. The van der Waals surface area contributed by atoms with Gasteiger partial charge < -0.3 is 20.5 Å². The minimum Gasteiger partial charge on any atom is -0.484 e. The number of benzene rings is 1. The molecule has 104 valence electrons. The summed E-state index contributed by atoms with van der Waals surface area (Å²) in [5.41, 5.74) is 6.24. The van der Waals surface area contributed by atoms with Gasteiger partial charge in [-0.1, -0.05) is 0 Å². The second-order valence-electron chi connectivity index (χ2n) is 4.63. The van der Waals surface area contributed by atoms with E-state index in [-0.39, 0.29) is 12.5 Å². The fraction of sp³-hybridized carbons (Fsp3) is 0.500. The summed E-state index contributed by atoms with van der Waals surface area (Å²) in [6.45, 7) is 1.50. The topological polar surface area (TPSA) is 73.6 Å². The molecule has 1 aromatic carbocycles. The lowest BCUT2D eigenvalue weighted by molar-refractivity contribution is -0.123. The van der Waals surface area contributed by atoms with Gasteiger partial charge in [0.15, 0.2) is 6.61 Å². The maximum Gasteiger partial charge on any atom is 0.257 e. The normalized spacial score (nSPS) is 18.2. The molecule has 5 heteroatoms. The first-order valence-electron chi connectivity index (χ1n) is 6.60. The van der Waals surface area contributed by atoms with Crippen LogP contribution in [0.5, 0.6) is 5.75 Å². The number of carbonyl (C=O) groups excluding carboxylic acids is 1. The van der Waals surface area contributed by atoms with Crippen LogP contribution in [0.25, 0.3) is 0 Å². The Hall–Kier alpha value is -1.75. The van der Waals surface area contributed by atoms with Gasteiger partial charge in [-0.05, 0) is 43.5 Å². The number of nitrogen functional groups attached to an aromatic ring is 1. The largest absolute Gasteiger partial charge is 0.484 e. The van der Waals surface area contributed by atoms with Crippen LogP contribution in [0.1, 0.15) is 19.3 Å². The van der Waals surface area contributed by atoms with Crippen LogP contribution in [0.2, 0.25) is 0 Å². The lowest BCUT2D eigenvalue weighted by Gasteiger charge is -2.10. The van der Waals surface area contributed by atoms with E-state index >= 15 is 0 Å². The Kier molecular flexibility index (Phi) is 5.03. The maximum atomic E-state index is 11.6. The Bertz CT molecular complexity index is 400. The Morgan fingerprint density at radius 3 is 2.89 bits per heavy atom. The summed E-state index contributed by atoms with van der Waals surface area (Å²) >= 11 is 0. The van der Waals surface area contributed by atoms with Crippen LogP contribution >= 0.6 is 0 Å². The summed E-state index contributed by atoms with van der Waals surface area (Å²) in [4.78, 5) is 11.6. The van der Waals surface area contributed by atoms with Crippen LogP contribution in [-0.2, 0) is 9.53 Å². The van der Waals surface area contributed by atoms with E-state index in [1.807, 2.05) is 0 Å². The van der Waals surface area contributed by atoms with E-state index in [4.69, 9.17) is 15.2 Å². The molecular formula is C14H20N2O3. The van der Waals surface area contributed by atoms with Crippen molar-refractivity contribution in [2.75, 3.05) is 25.5 Å². The van der Waals surface area contributed by atoms with Crippen molar-refractivity contribution in [1.29, 1.82) is 0 Å². The van der Waals surface area contributed by atoms with Crippen LogP contribution < -0.4 is 15.8 Å². The molecule has 1 aromatic rings. The molecule has 1 aliphatic rings. The summed E-state index contributed by atoms with van der Waals surface area (Å²) in [7, 11) is 0. The van der Waals surface area contributed by atoms with Gasteiger partial charge in [-0.3, -0.25) is 4.79 Å². The molecule has 1 saturated heterocycles. The van der Waals surface area contributed by atoms with Gasteiger partial charge in [0.05, 0.1) is 6.10 Å². The first kappa shape index (κ1) is 13.7. The zero-order chi connectivity index (χ0) is 13.5. The predicted octanol–water partition coefficient (Wildman–Crippen LogP) is 1.33. The summed E-state index contributed by atoms with van der Waals surface area (Å²) in [5.74, 6) is 0.526. The molecule has 0 bridgehead atoms. The summed E-state index contributed by atoms with van der Waals surface area (Å²) in [5, 5.41) is 2.82. The lowest BCUT2D eigenvalue weighted by atomic mass is 10.2. The predicted molar refractivity (Wildman–Crippen MR) is 73.0 cm³/mol. The molecule has 2 rings (SSSR count). The first-order valence-corrected chi connectivity index (χ1v) is 6.60. The molecule has 1 atom stereocenters. The Labute approximate surface area is 113 Å². The molecule has 5 nitrogen and oxygen atoms in total. The SMILES string of the molecule is Nc1ccc(OCC(=O)NCCC2CCCO2)cc1. The number of nitrogens with two attached hydrogens (primary N) is 1. The summed E-state index contributed by atoms with van der Waals surface area (Å²) < 4.78 is 10.8. The highest BCUT2D eigenvalue weighted by Gasteiger charge is 2.15. The highest BCUT2D eigenvalue weighted by molar-refractivity contribution is 5.77. The maximum absolute atomic E-state index is 11.6. The standard InChI is InChI=1S/C14H20N2O3/c15-11-3-5-13(6-4-11)19-10-14(17)16-8-7-12-2-1-9-18-12/h3-6,12H,1-2,7-10,15H2,(H,16,17). The third-order valence-electron chi connectivity index (χ3n) is 3.06. The van der Waals surface area contributed by atoms with E-state index in [9.17, 15) is 4.79 Å². The lowest BCUT2D eigenvalue weighted by Crippen LogP contribution is -2.31. The highest BCUT2D eigenvalue weighted by Crippen LogP contribution is 2.14. The number of nitrogens with one attached hydrogen (secondary N) is 1.